The summed E-state index contributed by atoms with van der Waals surface area (Å²) >= 11 is 1.91. The first-order chi connectivity index (χ1) is 39.6. The number of nitrogens with zero attached hydrogens (tertiary/aromatic N) is 5. The maximum absolute atomic E-state index is 12.9. The zero-order valence-electron chi connectivity index (χ0n) is 48.3. The first-order valence-corrected chi connectivity index (χ1v) is 29.9. The van der Waals surface area contributed by atoms with E-state index in [0.29, 0.717) is 183 Å². The Hall–Kier alpha value is -4.18. The summed E-state index contributed by atoms with van der Waals surface area (Å²) in [5, 5.41) is 15.9. The second-order valence-electron chi connectivity index (χ2n) is 18.2. The van der Waals surface area contributed by atoms with Crippen LogP contribution in [0.4, 0.5) is 0 Å². The Morgan fingerprint density at radius 1 is 0.512 bits per heavy atom. The van der Waals surface area contributed by atoms with Crippen molar-refractivity contribution in [3.8, 4) is 29.5 Å². The van der Waals surface area contributed by atoms with Gasteiger partial charge in [0.2, 0.25) is 11.7 Å². The zero-order valence-corrected chi connectivity index (χ0v) is 49.1. The van der Waals surface area contributed by atoms with Gasteiger partial charge in [-0.2, -0.15) is 0 Å². The van der Waals surface area contributed by atoms with Gasteiger partial charge in [0.05, 0.1) is 172 Å². The maximum atomic E-state index is 12.9. The lowest BCUT2D eigenvalue weighted by atomic mass is 10.1. The minimum absolute atomic E-state index is 0.0337. The van der Waals surface area contributed by atoms with Crippen LogP contribution < -0.4 is 4.74 Å². The van der Waals surface area contributed by atoms with Crippen LogP contribution in [0.15, 0.2) is 59.5 Å². The summed E-state index contributed by atoms with van der Waals surface area (Å²) in [4.78, 5) is 15.9. The van der Waals surface area contributed by atoms with Crippen molar-refractivity contribution in [2.24, 2.45) is 0 Å². The molecule has 0 aliphatic carbocycles. The summed E-state index contributed by atoms with van der Waals surface area (Å²) in [6.45, 7) is 16.2. The van der Waals surface area contributed by atoms with Gasteiger partial charge in [0.15, 0.2) is 5.82 Å². The molecule has 0 saturated carbocycles. The minimum atomic E-state index is -0.0337. The van der Waals surface area contributed by atoms with E-state index < -0.39 is 0 Å². The number of hydrogen-bond acceptors (Lipinski definition) is 19. The molecule has 450 valence electrons. The van der Waals surface area contributed by atoms with Crippen molar-refractivity contribution in [2.45, 2.75) is 89.4 Å². The topological polar surface area (TPSA) is 192 Å². The summed E-state index contributed by atoms with van der Waals surface area (Å²) < 4.78 is 72.4. The Kier molecular flexibility index (Phi) is 46.3. The van der Waals surface area contributed by atoms with Crippen LogP contribution in [0.5, 0.6) is 5.75 Å². The molecule has 0 radical (unpaired) electrons. The zero-order chi connectivity index (χ0) is 56.7. The number of carbonyl (C=O) groups is 1. The normalized spacial score (nSPS) is 11.5. The summed E-state index contributed by atoms with van der Waals surface area (Å²) in [7, 11) is 0. The predicted molar refractivity (Wildman–Crippen MR) is 311 cm³/mol. The molecule has 0 aliphatic heterocycles. The molecule has 1 heterocycles. The van der Waals surface area contributed by atoms with Crippen LogP contribution in [0.25, 0.3) is 17.5 Å². The van der Waals surface area contributed by atoms with Gasteiger partial charge in [0.25, 0.3) is 0 Å². The van der Waals surface area contributed by atoms with Gasteiger partial charge >= 0.3 is 0 Å². The average molecular weight is 1140 g/mol. The van der Waals surface area contributed by atoms with Gasteiger partial charge in [0.1, 0.15) is 12.4 Å². The number of hydrogen-bond donors (Lipinski definition) is 0. The highest BCUT2D eigenvalue weighted by atomic mass is 32.2. The number of aromatic nitrogens is 4. The number of aryl methyl sites for hydroxylation is 1. The molecule has 1 aromatic heterocycles. The lowest BCUT2D eigenvalue weighted by molar-refractivity contribution is -0.131. The molecule has 80 heavy (non-hydrogen) atoms. The van der Waals surface area contributed by atoms with Crippen LogP contribution >= 0.6 is 11.8 Å². The van der Waals surface area contributed by atoms with Crippen molar-refractivity contribution in [3.05, 3.63) is 66.0 Å². The van der Waals surface area contributed by atoms with Crippen LogP contribution in [0.2, 0.25) is 0 Å². The minimum Gasteiger partial charge on any atom is -0.491 e. The number of rotatable bonds is 57. The monoisotopic (exact) mass is 1140 g/mol. The fourth-order valence-corrected chi connectivity index (χ4v) is 8.39. The van der Waals surface area contributed by atoms with Crippen LogP contribution in [0.1, 0.15) is 88.9 Å². The van der Waals surface area contributed by atoms with E-state index in [9.17, 15) is 4.79 Å². The Bertz CT molecular complexity index is 1950. The molecule has 2 aromatic carbocycles. The Morgan fingerprint density at radius 3 is 1.35 bits per heavy atom. The summed E-state index contributed by atoms with van der Waals surface area (Å²) in [6, 6.07) is 15.9. The number of terminal acetylenes is 1. The quantitative estimate of drug-likeness (QED) is 0.0297. The van der Waals surface area contributed by atoms with E-state index in [-0.39, 0.29) is 18.9 Å². The third-order valence-electron chi connectivity index (χ3n) is 11.7. The lowest BCUT2D eigenvalue weighted by Gasteiger charge is -2.18. The molecule has 0 spiro atoms. The smallest absolute Gasteiger partial charge is 0.225 e. The standard InChI is InChI=1S/C60H95N5O14S/c1-4-6-7-8-9-10-11-12-13-16-53-80-58-20-15-14-18-55(58)19-17-27-65(26-5-2)59(66)25-28-67-29-30-68-31-32-69-33-34-70-35-36-71-37-38-72-39-40-73-41-42-74-43-44-75-45-46-76-47-48-77-49-50-78-51-52-79-57-23-21-56(22-24-57)60-63-61-54(3)62-64-60/h2,14-15,17-24H,4,6-13,16,25-53H2,1,3H3/b19-17+. The van der Waals surface area contributed by atoms with E-state index >= 15 is 0 Å². The molecule has 0 bridgehead atoms. The lowest BCUT2D eigenvalue weighted by Crippen LogP contribution is -2.32. The highest BCUT2D eigenvalue weighted by Crippen LogP contribution is 2.25. The van der Waals surface area contributed by atoms with Crippen molar-refractivity contribution >= 4 is 23.7 Å². The summed E-state index contributed by atoms with van der Waals surface area (Å²) in [5.41, 5.74) is 1.99. The SMILES string of the molecule is C#CCN(C/C=C/c1ccccc1SCCCCCCCCCCCC)C(=O)CCOCCOCCOCCOCCOCCOCCOCCOCCOCCOCCOCCOCCOc1ccc(-c2nnc(C)nn2)cc1. The molecule has 3 aromatic rings. The number of benzene rings is 2. The fraction of sp³-hybridized carbons (Fsp3) is 0.683. The van der Waals surface area contributed by atoms with E-state index in [1.54, 1.807) is 11.8 Å². The number of ether oxygens (including phenoxy) is 13. The predicted octanol–water partition coefficient (Wildman–Crippen LogP) is 8.40. The van der Waals surface area contributed by atoms with Crippen molar-refractivity contribution in [1.82, 2.24) is 25.3 Å². The molecule has 0 N–H and O–H groups in total. The van der Waals surface area contributed by atoms with Gasteiger partial charge in [-0.1, -0.05) is 101 Å². The second-order valence-corrected chi connectivity index (χ2v) is 19.3. The van der Waals surface area contributed by atoms with E-state index in [0.717, 1.165) is 17.1 Å². The van der Waals surface area contributed by atoms with Crippen LogP contribution in [-0.4, -0.2) is 215 Å². The molecular formula is C60H95N5O14S. The molecule has 0 aliphatic rings. The first-order valence-electron chi connectivity index (χ1n) is 28.9. The van der Waals surface area contributed by atoms with Crippen molar-refractivity contribution in [1.29, 1.82) is 0 Å². The Balaban J connectivity index is 0.960. The molecule has 0 atom stereocenters. The van der Waals surface area contributed by atoms with Gasteiger partial charge < -0.3 is 66.5 Å². The molecule has 0 fully saturated rings. The highest BCUT2D eigenvalue weighted by Gasteiger charge is 2.11. The molecule has 1 amide bonds. The van der Waals surface area contributed by atoms with Crippen molar-refractivity contribution in [3.63, 3.8) is 0 Å². The van der Waals surface area contributed by atoms with Crippen LogP contribution in [0, 0.1) is 19.3 Å². The third kappa shape index (κ3) is 40.1. The number of amides is 1. The second kappa shape index (κ2) is 52.9. The van der Waals surface area contributed by atoms with Gasteiger partial charge in [-0.15, -0.1) is 38.6 Å². The van der Waals surface area contributed by atoms with Gasteiger partial charge in [0, 0.05) is 17.0 Å². The molecular weight excluding hydrogens is 1050 g/mol. The molecule has 0 saturated heterocycles. The largest absolute Gasteiger partial charge is 0.491 e. The summed E-state index contributed by atoms with van der Waals surface area (Å²) in [5.74, 6) is 5.42. The van der Waals surface area contributed by atoms with Crippen LogP contribution in [0.3, 0.4) is 0 Å². The van der Waals surface area contributed by atoms with Crippen molar-refractivity contribution in [2.75, 3.05) is 184 Å². The fourth-order valence-electron chi connectivity index (χ4n) is 7.35. The highest BCUT2D eigenvalue weighted by molar-refractivity contribution is 7.99. The van der Waals surface area contributed by atoms with E-state index in [2.05, 4.69) is 63.6 Å². The first kappa shape index (κ1) is 70.1. The number of carbonyl (C=O) groups excluding carboxylic acids is 1. The average Bonchev–Trinajstić information content (AvgIpc) is 3.48. The summed E-state index contributed by atoms with van der Waals surface area (Å²) in [6.07, 6.45) is 23.4. The van der Waals surface area contributed by atoms with Gasteiger partial charge in [-0.05, 0) is 55.0 Å². The van der Waals surface area contributed by atoms with E-state index in [1.807, 2.05) is 42.1 Å². The Morgan fingerprint density at radius 2 is 0.912 bits per heavy atom. The molecule has 20 heteroatoms. The Labute approximate surface area is 482 Å². The van der Waals surface area contributed by atoms with E-state index in [1.165, 1.54) is 74.7 Å². The number of thioether (sulfide) groups is 1. The van der Waals surface area contributed by atoms with Gasteiger partial charge in [-0.3, -0.25) is 4.79 Å². The molecule has 19 nitrogen and oxygen atoms in total. The molecule has 0 unspecified atom stereocenters. The molecule has 3 rings (SSSR count). The number of unbranched alkanes of at least 4 members (excludes halogenated alkanes) is 9. The van der Waals surface area contributed by atoms with Crippen molar-refractivity contribution < 1.29 is 66.4 Å². The van der Waals surface area contributed by atoms with E-state index in [4.69, 9.17) is 68.0 Å². The van der Waals surface area contributed by atoms with Gasteiger partial charge in [-0.25, -0.2) is 0 Å². The third-order valence-corrected chi connectivity index (χ3v) is 12.8. The van der Waals surface area contributed by atoms with Crippen LogP contribution in [-0.2, 0) is 61.6 Å². The maximum Gasteiger partial charge on any atom is 0.225 e.